The van der Waals surface area contributed by atoms with E-state index in [0.717, 1.165) is 5.56 Å². The van der Waals surface area contributed by atoms with Crippen molar-refractivity contribution in [2.75, 3.05) is 6.54 Å². The maximum Gasteiger partial charge on any atom is 0.325 e. The Kier molecular flexibility index (Phi) is 9.37. The number of hydrogen-bond donors (Lipinski definition) is 6. The number of nitrogens with two attached hydrogens (primary N) is 1. The highest BCUT2D eigenvalue weighted by atomic mass is 16.4. The van der Waals surface area contributed by atoms with Gasteiger partial charge in [-0.3, -0.25) is 19.2 Å². The molecule has 0 heterocycles. The molecule has 3 unspecified atom stereocenters. The van der Waals surface area contributed by atoms with Crippen molar-refractivity contribution < 1.29 is 29.4 Å². The van der Waals surface area contributed by atoms with Crippen molar-refractivity contribution >= 4 is 23.7 Å². The molecule has 0 bridgehead atoms. The average molecular weight is 456 g/mol. The molecule has 0 saturated heterocycles. The van der Waals surface area contributed by atoms with Gasteiger partial charge >= 0.3 is 5.97 Å². The summed E-state index contributed by atoms with van der Waals surface area (Å²) in [5.74, 6) is -3.05. The number of hydrogen-bond acceptors (Lipinski definition) is 6. The molecule has 33 heavy (non-hydrogen) atoms. The van der Waals surface area contributed by atoms with E-state index in [1.54, 1.807) is 36.4 Å². The highest BCUT2D eigenvalue weighted by molar-refractivity contribution is 5.93. The van der Waals surface area contributed by atoms with Crippen LogP contribution in [0.3, 0.4) is 0 Å². The Morgan fingerprint density at radius 2 is 1.33 bits per heavy atom. The van der Waals surface area contributed by atoms with Gasteiger partial charge in [0.1, 0.15) is 23.9 Å². The van der Waals surface area contributed by atoms with Crippen molar-refractivity contribution in [1.82, 2.24) is 16.0 Å². The maximum atomic E-state index is 13.1. The first-order valence-electron chi connectivity index (χ1n) is 10.3. The lowest BCUT2D eigenvalue weighted by Crippen LogP contribution is -2.57. The first kappa shape index (κ1) is 25.3. The van der Waals surface area contributed by atoms with Gasteiger partial charge in [-0.05, 0) is 30.2 Å². The SMILES string of the molecule is CC(NC(=O)C(Cc1ccc(O)cc1)NC(=O)C(Cc1ccccc1)NC(=O)CN)C(=O)O. The Morgan fingerprint density at radius 3 is 1.88 bits per heavy atom. The number of carboxylic acids is 1. The lowest BCUT2D eigenvalue weighted by Gasteiger charge is -2.24. The standard InChI is InChI=1S/C23H28N4O6/c1-14(23(32)33)25-21(30)19(12-16-7-9-17(28)10-8-16)27-22(31)18(26-20(29)13-24)11-15-5-3-2-4-6-15/h2-10,14,18-19,28H,11-13,24H2,1H3,(H,25,30)(H,26,29)(H,27,31)(H,32,33). The molecule has 2 aromatic rings. The summed E-state index contributed by atoms with van der Waals surface area (Å²) in [6.07, 6.45) is 0.199. The quantitative estimate of drug-likeness (QED) is 0.269. The lowest BCUT2D eigenvalue weighted by molar-refractivity contribution is -0.141. The van der Waals surface area contributed by atoms with Crippen LogP contribution in [0.4, 0.5) is 0 Å². The van der Waals surface area contributed by atoms with Crippen molar-refractivity contribution in [3.8, 4) is 5.75 Å². The summed E-state index contributed by atoms with van der Waals surface area (Å²) in [4.78, 5) is 48.9. The van der Waals surface area contributed by atoms with Gasteiger partial charge in [0.05, 0.1) is 6.54 Å². The van der Waals surface area contributed by atoms with Gasteiger partial charge < -0.3 is 31.9 Å². The van der Waals surface area contributed by atoms with E-state index >= 15 is 0 Å². The number of carbonyl (C=O) groups is 4. The Labute approximate surface area is 191 Å². The molecule has 3 amide bonds. The first-order chi connectivity index (χ1) is 15.7. The Bertz CT molecular complexity index is 965. The summed E-state index contributed by atoms with van der Waals surface area (Å²) in [6.45, 7) is 0.992. The van der Waals surface area contributed by atoms with Crippen LogP contribution in [0.1, 0.15) is 18.1 Å². The molecule has 0 radical (unpaired) electrons. The van der Waals surface area contributed by atoms with E-state index in [0.29, 0.717) is 5.56 Å². The second kappa shape index (κ2) is 12.2. The maximum absolute atomic E-state index is 13.1. The van der Waals surface area contributed by atoms with Crippen LogP contribution < -0.4 is 21.7 Å². The highest BCUT2D eigenvalue weighted by Gasteiger charge is 2.28. The fraction of sp³-hybridized carbons (Fsp3) is 0.304. The van der Waals surface area contributed by atoms with E-state index in [4.69, 9.17) is 10.8 Å². The highest BCUT2D eigenvalue weighted by Crippen LogP contribution is 2.12. The van der Waals surface area contributed by atoms with Crippen LogP contribution in [0.25, 0.3) is 0 Å². The number of carbonyl (C=O) groups excluding carboxylic acids is 3. The summed E-state index contributed by atoms with van der Waals surface area (Å²) in [5.41, 5.74) is 6.79. The predicted octanol–water partition coefficient (Wildman–Crippen LogP) is -0.305. The third kappa shape index (κ3) is 8.26. The number of benzene rings is 2. The molecule has 176 valence electrons. The summed E-state index contributed by atoms with van der Waals surface area (Å²) < 4.78 is 0. The van der Waals surface area contributed by atoms with Crippen LogP contribution >= 0.6 is 0 Å². The molecule has 0 aliphatic carbocycles. The fourth-order valence-electron chi connectivity index (χ4n) is 3.04. The van der Waals surface area contributed by atoms with Crippen LogP contribution in [0.5, 0.6) is 5.75 Å². The topological polar surface area (TPSA) is 171 Å². The summed E-state index contributed by atoms with van der Waals surface area (Å²) in [6, 6.07) is 11.7. The Morgan fingerprint density at radius 1 is 0.818 bits per heavy atom. The summed E-state index contributed by atoms with van der Waals surface area (Å²) >= 11 is 0. The van der Waals surface area contributed by atoms with E-state index in [1.165, 1.54) is 19.1 Å². The smallest absolute Gasteiger partial charge is 0.325 e. The zero-order valence-corrected chi connectivity index (χ0v) is 18.2. The molecule has 2 aromatic carbocycles. The number of nitrogens with one attached hydrogen (secondary N) is 3. The number of aromatic hydroxyl groups is 1. The molecule has 0 fully saturated rings. The lowest BCUT2D eigenvalue weighted by atomic mass is 10.0. The first-order valence-corrected chi connectivity index (χ1v) is 10.3. The van der Waals surface area contributed by atoms with Crippen LogP contribution in [0.2, 0.25) is 0 Å². The van der Waals surface area contributed by atoms with Gasteiger partial charge in [0.15, 0.2) is 0 Å². The molecule has 0 aliphatic rings. The average Bonchev–Trinajstić information content (AvgIpc) is 2.79. The minimum absolute atomic E-state index is 0.0348. The van der Waals surface area contributed by atoms with Gasteiger partial charge in [0.25, 0.3) is 0 Å². The van der Waals surface area contributed by atoms with Crippen molar-refractivity contribution in [2.24, 2.45) is 5.73 Å². The van der Waals surface area contributed by atoms with Gasteiger partial charge in [-0.25, -0.2) is 0 Å². The van der Waals surface area contributed by atoms with Gasteiger partial charge in [-0.15, -0.1) is 0 Å². The van der Waals surface area contributed by atoms with Crippen LogP contribution in [-0.2, 0) is 32.0 Å². The van der Waals surface area contributed by atoms with Crippen LogP contribution in [0.15, 0.2) is 54.6 Å². The zero-order chi connectivity index (χ0) is 24.4. The molecule has 10 nitrogen and oxygen atoms in total. The Balaban J connectivity index is 2.23. The van der Waals surface area contributed by atoms with Gasteiger partial charge in [-0.2, -0.15) is 0 Å². The minimum atomic E-state index is -1.23. The molecule has 10 heteroatoms. The second-order valence-corrected chi connectivity index (χ2v) is 7.51. The third-order valence-corrected chi connectivity index (χ3v) is 4.86. The molecular weight excluding hydrogens is 428 g/mol. The molecule has 0 saturated carbocycles. The van der Waals surface area contributed by atoms with Crippen molar-refractivity contribution in [3.05, 3.63) is 65.7 Å². The second-order valence-electron chi connectivity index (χ2n) is 7.51. The Hall–Kier alpha value is -3.92. The van der Waals surface area contributed by atoms with Crippen molar-refractivity contribution in [1.29, 1.82) is 0 Å². The molecule has 0 spiro atoms. The molecule has 7 N–H and O–H groups in total. The minimum Gasteiger partial charge on any atom is -0.508 e. The fourth-order valence-corrected chi connectivity index (χ4v) is 3.04. The van der Waals surface area contributed by atoms with Crippen molar-refractivity contribution in [3.63, 3.8) is 0 Å². The molecule has 3 atom stereocenters. The molecular formula is C23H28N4O6. The van der Waals surface area contributed by atoms with E-state index in [-0.39, 0.29) is 25.1 Å². The largest absolute Gasteiger partial charge is 0.508 e. The van der Waals surface area contributed by atoms with E-state index in [1.807, 2.05) is 6.07 Å². The number of carboxylic acid groups (broad SMARTS) is 1. The van der Waals surface area contributed by atoms with Crippen molar-refractivity contribution in [2.45, 2.75) is 37.9 Å². The number of amides is 3. The van der Waals surface area contributed by atoms with Gasteiger partial charge in [0, 0.05) is 12.8 Å². The van der Waals surface area contributed by atoms with Crippen LogP contribution in [0, 0.1) is 0 Å². The number of rotatable bonds is 11. The van der Waals surface area contributed by atoms with E-state index in [9.17, 15) is 24.3 Å². The van der Waals surface area contributed by atoms with Gasteiger partial charge in [-0.1, -0.05) is 42.5 Å². The van der Waals surface area contributed by atoms with E-state index in [2.05, 4.69) is 16.0 Å². The normalized spacial score (nSPS) is 13.3. The monoisotopic (exact) mass is 456 g/mol. The molecule has 0 aromatic heterocycles. The van der Waals surface area contributed by atoms with Crippen LogP contribution in [-0.4, -0.2) is 58.6 Å². The number of phenolic OH excluding ortho intramolecular Hbond substituents is 1. The number of aliphatic carboxylic acids is 1. The molecule has 0 aliphatic heterocycles. The summed E-state index contributed by atoms with van der Waals surface area (Å²) in [7, 11) is 0. The third-order valence-electron chi connectivity index (χ3n) is 4.86. The van der Waals surface area contributed by atoms with Gasteiger partial charge in [0.2, 0.25) is 17.7 Å². The predicted molar refractivity (Wildman–Crippen MR) is 120 cm³/mol. The zero-order valence-electron chi connectivity index (χ0n) is 18.2. The molecule has 2 rings (SSSR count). The van der Waals surface area contributed by atoms with E-state index < -0.39 is 41.8 Å². The number of phenols is 1. The summed E-state index contributed by atoms with van der Waals surface area (Å²) in [5, 5.41) is 26.1.